The number of rotatable bonds is 2. The van der Waals surface area contributed by atoms with E-state index in [0.717, 1.165) is 12.1 Å². The zero-order valence-electron chi connectivity index (χ0n) is 12.5. The van der Waals surface area contributed by atoms with E-state index in [4.69, 9.17) is 0 Å². The summed E-state index contributed by atoms with van der Waals surface area (Å²) in [7, 11) is 0. The van der Waals surface area contributed by atoms with Gasteiger partial charge in [0.15, 0.2) is 0 Å². The summed E-state index contributed by atoms with van der Waals surface area (Å²) in [5, 5.41) is 2.88. The maximum atomic E-state index is 11.2. The Labute approximate surface area is 115 Å². The third-order valence-electron chi connectivity index (χ3n) is 3.83. The van der Waals surface area contributed by atoms with E-state index >= 15 is 0 Å². The lowest BCUT2D eigenvalue weighted by molar-refractivity contribution is -0.114. The highest BCUT2D eigenvalue weighted by atomic mass is 16.1. The van der Waals surface area contributed by atoms with E-state index in [9.17, 15) is 4.79 Å². The first-order valence-electron chi connectivity index (χ1n) is 6.94. The van der Waals surface area contributed by atoms with Gasteiger partial charge < -0.3 is 5.32 Å². The molecule has 2 heteroatoms. The van der Waals surface area contributed by atoms with Crippen molar-refractivity contribution in [3.8, 4) is 0 Å². The van der Waals surface area contributed by atoms with Gasteiger partial charge in [0.25, 0.3) is 0 Å². The third-order valence-corrected chi connectivity index (χ3v) is 3.83. The second kappa shape index (κ2) is 4.84. The van der Waals surface area contributed by atoms with Crippen LogP contribution in [0.3, 0.4) is 0 Å². The number of allylic oxidation sites excluding steroid dienone is 2. The van der Waals surface area contributed by atoms with Gasteiger partial charge in [-0.1, -0.05) is 39.8 Å². The van der Waals surface area contributed by atoms with E-state index in [2.05, 4.69) is 51.2 Å². The van der Waals surface area contributed by atoms with Crippen molar-refractivity contribution < 1.29 is 4.79 Å². The Hall–Kier alpha value is -1.57. The minimum Gasteiger partial charge on any atom is -0.326 e. The Bertz CT molecular complexity index is 538. The molecule has 0 aliphatic heterocycles. The number of carbonyl (C=O) groups excluding carboxylic acids is 1. The van der Waals surface area contributed by atoms with E-state index in [0.29, 0.717) is 5.92 Å². The van der Waals surface area contributed by atoms with Crippen molar-refractivity contribution in [3.05, 3.63) is 35.4 Å². The maximum absolute atomic E-state index is 11.2. The summed E-state index contributed by atoms with van der Waals surface area (Å²) >= 11 is 0. The molecule has 0 saturated heterocycles. The predicted molar refractivity (Wildman–Crippen MR) is 81.2 cm³/mol. The Kier molecular flexibility index (Phi) is 3.53. The standard InChI is InChI=1S/C17H23NO/c1-11(2)14-8-9-17(4,5)16-7-6-13(10-15(14)16)18-12(3)19/h6-8,10-11H,9H2,1-5H3,(H,18,19). The lowest BCUT2D eigenvalue weighted by Crippen LogP contribution is -2.23. The van der Waals surface area contributed by atoms with Crippen LogP contribution < -0.4 is 5.32 Å². The highest BCUT2D eigenvalue weighted by molar-refractivity contribution is 5.89. The van der Waals surface area contributed by atoms with Crippen molar-refractivity contribution >= 4 is 17.2 Å². The quantitative estimate of drug-likeness (QED) is 0.837. The second-order valence-electron chi connectivity index (χ2n) is 6.34. The molecule has 1 N–H and O–H groups in total. The van der Waals surface area contributed by atoms with Crippen molar-refractivity contribution in [3.63, 3.8) is 0 Å². The molecule has 1 aliphatic carbocycles. The van der Waals surface area contributed by atoms with Crippen LogP contribution in [0.25, 0.3) is 5.57 Å². The minimum absolute atomic E-state index is 0.0231. The highest BCUT2D eigenvalue weighted by Crippen LogP contribution is 2.42. The van der Waals surface area contributed by atoms with Crippen LogP contribution in [0.4, 0.5) is 5.69 Å². The molecule has 0 atom stereocenters. The Morgan fingerprint density at radius 3 is 2.58 bits per heavy atom. The number of hydrogen-bond acceptors (Lipinski definition) is 1. The minimum atomic E-state index is -0.0231. The molecule has 102 valence electrons. The molecule has 0 saturated carbocycles. The van der Waals surface area contributed by atoms with Crippen molar-refractivity contribution in [2.45, 2.75) is 46.5 Å². The van der Waals surface area contributed by atoms with Gasteiger partial charge in [-0.15, -0.1) is 0 Å². The summed E-state index contributed by atoms with van der Waals surface area (Å²) in [4.78, 5) is 11.2. The molecule has 0 aromatic heterocycles. The molecule has 19 heavy (non-hydrogen) atoms. The molecule has 0 radical (unpaired) electrons. The molecule has 1 aromatic rings. The number of hydrogen-bond donors (Lipinski definition) is 1. The van der Waals surface area contributed by atoms with Gasteiger partial charge in [0.05, 0.1) is 0 Å². The van der Waals surface area contributed by atoms with Gasteiger partial charge in [-0.25, -0.2) is 0 Å². The third kappa shape index (κ3) is 2.73. The first kappa shape index (κ1) is 13.9. The first-order chi connectivity index (χ1) is 8.81. The zero-order chi connectivity index (χ0) is 14.2. The van der Waals surface area contributed by atoms with Gasteiger partial charge in [-0.2, -0.15) is 0 Å². The van der Waals surface area contributed by atoms with E-state index in [1.165, 1.54) is 16.7 Å². The molecule has 0 heterocycles. The molecular formula is C17H23NO. The van der Waals surface area contributed by atoms with Gasteiger partial charge in [-0.3, -0.25) is 4.79 Å². The van der Waals surface area contributed by atoms with Crippen LogP contribution in [0, 0.1) is 5.92 Å². The summed E-state index contributed by atoms with van der Waals surface area (Å²) in [6, 6.07) is 6.28. The average Bonchev–Trinajstić information content (AvgIpc) is 2.27. The Balaban J connectivity index is 2.52. The van der Waals surface area contributed by atoms with Crippen LogP contribution in [0.2, 0.25) is 0 Å². The fourth-order valence-corrected chi connectivity index (χ4v) is 2.79. The van der Waals surface area contributed by atoms with Gasteiger partial charge in [0.2, 0.25) is 5.91 Å². The van der Waals surface area contributed by atoms with Crippen LogP contribution in [0.1, 0.15) is 52.2 Å². The van der Waals surface area contributed by atoms with Crippen molar-refractivity contribution in [2.24, 2.45) is 5.92 Å². The number of anilines is 1. The van der Waals surface area contributed by atoms with Crippen molar-refractivity contribution in [2.75, 3.05) is 5.32 Å². The number of fused-ring (bicyclic) bond motifs is 1. The van der Waals surface area contributed by atoms with E-state index in [-0.39, 0.29) is 11.3 Å². The van der Waals surface area contributed by atoms with E-state index in [1.54, 1.807) is 6.92 Å². The van der Waals surface area contributed by atoms with Crippen LogP contribution in [0.5, 0.6) is 0 Å². The number of nitrogens with one attached hydrogen (secondary N) is 1. The van der Waals surface area contributed by atoms with Crippen LogP contribution >= 0.6 is 0 Å². The first-order valence-corrected chi connectivity index (χ1v) is 6.94. The number of benzene rings is 1. The van der Waals surface area contributed by atoms with E-state index < -0.39 is 0 Å². The molecule has 1 aromatic carbocycles. The molecule has 1 amide bonds. The van der Waals surface area contributed by atoms with Crippen molar-refractivity contribution in [1.82, 2.24) is 0 Å². The van der Waals surface area contributed by atoms with Gasteiger partial charge in [-0.05, 0) is 46.6 Å². The number of carbonyl (C=O) groups is 1. The van der Waals surface area contributed by atoms with E-state index in [1.807, 2.05) is 6.07 Å². The SMILES string of the molecule is CC(=O)Nc1ccc2c(c1)C(C(C)C)=CCC2(C)C. The largest absolute Gasteiger partial charge is 0.326 e. The van der Waals surface area contributed by atoms with Gasteiger partial charge >= 0.3 is 0 Å². The lowest BCUT2D eigenvalue weighted by atomic mass is 9.71. The molecular weight excluding hydrogens is 234 g/mol. The van der Waals surface area contributed by atoms with Crippen LogP contribution in [-0.2, 0) is 10.2 Å². The predicted octanol–water partition coefficient (Wildman–Crippen LogP) is 4.37. The average molecular weight is 257 g/mol. The molecule has 0 bridgehead atoms. The molecule has 0 fully saturated rings. The molecule has 0 spiro atoms. The summed E-state index contributed by atoms with van der Waals surface area (Å²) in [6.07, 6.45) is 3.43. The molecule has 2 rings (SSSR count). The summed E-state index contributed by atoms with van der Waals surface area (Å²) < 4.78 is 0. The maximum Gasteiger partial charge on any atom is 0.221 e. The molecule has 1 aliphatic rings. The topological polar surface area (TPSA) is 29.1 Å². The fraction of sp³-hybridized carbons (Fsp3) is 0.471. The summed E-state index contributed by atoms with van der Waals surface area (Å²) in [6.45, 7) is 10.5. The van der Waals surface area contributed by atoms with Gasteiger partial charge in [0, 0.05) is 12.6 Å². The highest BCUT2D eigenvalue weighted by Gasteiger charge is 2.28. The Morgan fingerprint density at radius 1 is 1.32 bits per heavy atom. The second-order valence-corrected chi connectivity index (χ2v) is 6.34. The fourth-order valence-electron chi connectivity index (χ4n) is 2.79. The van der Waals surface area contributed by atoms with Crippen molar-refractivity contribution in [1.29, 1.82) is 0 Å². The van der Waals surface area contributed by atoms with Crippen LogP contribution in [-0.4, -0.2) is 5.91 Å². The Morgan fingerprint density at radius 2 is 2.00 bits per heavy atom. The summed E-state index contributed by atoms with van der Waals surface area (Å²) in [5.41, 5.74) is 5.12. The summed E-state index contributed by atoms with van der Waals surface area (Å²) in [5.74, 6) is 0.479. The lowest BCUT2D eigenvalue weighted by Gasteiger charge is -2.33. The smallest absolute Gasteiger partial charge is 0.221 e. The van der Waals surface area contributed by atoms with Crippen LogP contribution in [0.15, 0.2) is 24.3 Å². The molecule has 0 unspecified atom stereocenters. The molecule has 2 nitrogen and oxygen atoms in total. The van der Waals surface area contributed by atoms with Gasteiger partial charge in [0.1, 0.15) is 0 Å². The monoisotopic (exact) mass is 257 g/mol. The number of amides is 1. The zero-order valence-corrected chi connectivity index (χ0v) is 12.5. The normalized spacial score (nSPS) is 16.8.